The number of aliphatic imine (C=N–C) groups is 1. The third kappa shape index (κ3) is 6.50. The molecule has 0 spiro atoms. The molecule has 0 aliphatic heterocycles. The van der Waals surface area contributed by atoms with Crippen LogP contribution < -0.4 is 14.2 Å². The van der Waals surface area contributed by atoms with Crippen molar-refractivity contribution < 1.29 is 23.4 Å². The van der Waals surface area contributed by atoms with Crippen molar-refractivity contribution in [2.45, 2.75) is 12.7 Å². The number of carbonyl (C=O) groups excluding carboxylic acids is 1. The summed E-state index contributed by atoms with van der Waals surface area (Å²) >= 11 is 2.94. The maximum absolute atomic E-state index is 12.4. The third-order valence-electron chi connectivity index (χ3n) is 6.53. The Bertz CT molecular complexity index is 1830. The Morgan fingerprint density at radius 3 is 2.70 bits per heavy atom. The third-order valence-corrected chi connectivity index (χ3v) is 8.56. The van der Waals surface area contributed by atoms with Crippen LogP contribution in [0.3, 0.4) is 0 Å². The molecule has 0 saturated heterocycles. The first-order valence-corrected chi connectivity index (χ1v) is 14.8. The number of hydrogen-bond donors (Lipinski definition) is 0. The molecule has 11 nitrogen and oxygen atoms in total. The van der Waals surface area contributed by atoms with E-state index in [4.69, 9.17) is 23.9 Å². The molecule has 0 unspecified atom stereocenters. The van der Waals surface area contributed by atoms with E-state index in [0.717, 1.165) is 15.9 Å². The van der Waals surface area contributed by atoms with Crippen molar-refractivity contribution >= 4 is 51.7 Å². The van der Waals surface area contributed by atoms with Gasteiger partial charge in [-0.2, -0.15) is 5.26 Å². The number of allylic oxidation sites excluding steroid dienone is 1. The van der Waals surface area contributed by atoms with Crippen LogP contribution in [0, 0.1) is 11.3 Å². The second-order valence-corrected chi connectivity index (χ2v) is 11.4. The monoisotopic (exact) mass is 616 g/mol. The van der Waals surface area contributed by atoms with E-state index in [9.17, 15) is 4.79 Å². The predicted molar refractivity (Wildman–Crippen MR) is 167 cm³/mol. The summed E-state index contributed by atoms with van der Waals surface area (Å²) in [6.45, 7) is 5.95. The summed E-state index contributed by atoms with van der Waals surface area (Å²) in [4.78, 5) is 24.2. The van der Waals surface area contributed by atoms with E-state index in [1.165, 1.54) is 16.2 Å². The SMILES string of the molecule is C=N/C(COc1cc(OC)cc2oc(-c3cn4nc(OC)sc4n3)cc12)=C(/C)SCc1ccc(C(=O)N(C)CC#N)cc1. The Labute approximate surface area is 256 Å². The Balaban J connectivity index is 1.30. The highest BCUT2D eigenvalue weighted by Crippen LogP contribution is 2.38. The number of thioether (sulfide) groups is 1. The largest absolute Gasteiger partial charge is 0.496 e. The van der Waals surface area contributed by atoms with E-state index >= 15 is 0 Å². The van der Waals surface area contributed by atoms with Gasteiger partial charge in [-0.15, -0.1) is 16.9 Å². The van der Waals surface area contributed by atoms with Gasteiger partial charge in [0.1, 0.15) is 35.9 Å². The molecule has 3 heterocycles. The Kier molecular flexibility index (Phi) is 8.98. The highest BCUT2D eigenvalue weighted by atomic mass is 32.2. The molecule has 5 aromatic rings. The average Bonchev–Trinajstić information content (AvgIpc) is 3.73. The fraction of sp³-hybridized carbons (Fsp3) is 0.233. The molecule has 0 radical (unpaired) electrons. The minimum Gasteiger partial charge on any atom is -0.496 e. The molecule has 0 saturated carbocycles. The minimum atomic E-state index is -0.189. The fourth-order valence-electron chi connectivity index (χ4n) is 4.15. The van der Waals surface area contributed by atoms with Crippen LogP contribution in [-0.2, 0) is 5.75 Å². The van der Waals surface area contributed by atoms with Gasteiger partial charge in [-0.05, 0) is 48.7 Å². The van der Waals surface area contributed by atoms with Gasteiger partial charge in [0.15, 0.2) is 5.76 Å². The normalized spacial score (nSPS) is 11.7. The molecule has 0 aliphatic carbocycles. The molecule has 2 aromatic carbocycles. The minimum absolute atomic E-state index is 0.0415. The second kappa shape index (κ2) is 13.0. The summed E-state index contributed by atoms with van der Waals surface area (Å²) in [5, 5.41) is 14.4. The predicted octanol–water partition coefficient (Wildman–Crippen LogP) is 6.06. The van der Waals surface area contributed by atoms with Crippen molar-refractivity contribution in [3.05, 3.63) is 70.4 Å². The number of fused-ring (bicyclic) bond motifs is 2. The van der Waals surface area contributed by atoms with Crippen LogP contribution in [0.2, 0.25) is 0 Å². The van der Waals surface area contributed by atoms with E-state index < -0.39 is 0 Å². The number of hydrogen-bond acceptors (Lipinski definition) is 11. The van der Waals surface area contributed by atoms with Gasteiger partial charge in [0.05, 0.1) is 37.6 Å². The zero-order chi connectivity index (χ0) is 30.5. The highest BCUT2D eigenvalue weighted by Gasteiger charge is 2.18. The summed E-state index contributed by atoms with van der Waals surface area (Å²) in [5.74, 6) is 2.21. The maximum atomic E-state index is 12.4. The molecule has 0 fully saturated rings. The summed E-state index contributed by atoms with van der Waals surface area (Å²) in [7, 11) is 4.76. The van der Waals surface area contributed by atoms with Gasteiger partial charge < -0.3 is 23.5 Å². The summed E-state index contributed by atoms with van der Waals surface area (Å²) in [5.41, 5.74) is 3.51. The molecule has 0 N–H and O–H groups in total. The molecule has 3 aromatic heterocycles. The first-order chi connectivity index (χ1) is 20.8. The first-order valence-electron chi connectivity index (χ1n) is 13.0. The molecule has 220 valence electrons. The number of rotatable bonds is 12. The first kappa shape index (κ1) is 29.7. The van der Waals surface area contributed by atoms with Gasteiger partial charge in [0, 0.05) is 35.4 Å². The quantitative estimate of drug-likeness (QED) is 0.121. The number of ether oxygens (including phenoxy) is 3. The molecule has 0 atom stereocenters. The Morgan fingerprint density at radius 2 is 2.02 bits per heavy atom. The van der Waals surface area contributed by atoms with E-state index in [0.29, 0.717) is 55.7 Å². The molecule has 1 amide bonds. The van der Waals surface area contributed by atoms with Gasteiger partial charge in [0.2, 0.25) is 4.96 Å². The van der Waals surface area contributed by atoms with Crippen molar-refractivity contribution in [2.75, 3.05) is 34.4 Å². The Morgan fingerprint density at radius 1 is 1.23 bits per heavy atom. The van der Waals surface area contributed by atoms with Crippen molar-refractivity contribution in [3.8, 4) is 34.2 Å². The number of carbonyl (C=O) groups is 1. The van der Waals surface area contributed by atoms with Crippen LogP contribution in [0.4, 0.5) is 0 Å². The lowest BCUT2D eigenvalue weighted by atomic mass is 10.1. The van der Waals surface area contributed by atoms with Crippen LogP contribution in [-0.4, -0.2) is 66.5 Å². The van der Waals surface area contributed by atoms with E-state index in [1.54, 1.807) is 68.0 Å². The number of imidazole rings is 1. The van der Waals surface area contributed by atoms with Crippen molar-refractivity contribution in [1.29, 1.82) is 5.26 Å². The van der Waals surface area contributed by atoms with E-state index in [2.05, 4.69) is 21.8 Å². The maximum Gasteiger partial charge on any atom is 0.294 e. The number of methoxy groups -OCH3 is 2. The smallest absolute Gasteiger partial charge is 0.294 e. The number of benzene rings is 2. The summed E-state index contributed by atoms with van der Waals surface area (Å²) < 4.78 is 24.7. The lowest BCUT2D eigenvalue weighted by Crippen LogP contribution is -2.26. The fourth-order valence-corrected chi connectivity index (χ4v) is 5.72. The van der Waals surface area contributed by atoms with Gasteiger partial charge in [0.25, 0.3) is 11.1 Å². The molecular weight excluding hydrogens is 589 g/mol. The zero-order valence-corrected chi connectivity index (χ0v) is 25.6. The molecule has 0 bridgehead atoms. The van der Waals surface area contributed by atoms with Crippen molar-refractivity contribution in [1.82, 2.24) is 19.5 Å². The number of nitriles is 1. The number of nitrogens with zero attached hydrogens (tertiary/aromatic N) is 6. The lowest BCUT2D eigenvalue weighted by Gasteiger charge is -2.13. The Hall–Kier alpha value is -4.80. The van der Waals surface area contributed by atoms with Crippen molar-refractivity contribution in [3.63, 3.8) is 0 Å². The number of amides is 1. The van der Waals surface area contributed by atoms with Gasteiger partial charge in [-0.1, -0.05) is 12.1 Å². The van der Waals surface area contributed by atoms with E-state index in [-0.39, 0.29) is 19.1 Å². The van der Waals surface area contributed by atoms with E-state index in [1.807, 2.05) is 31.2 Å². The summed E-state index contributed by atoms with van der Waals surface area (Å²) in [6.07, 6.45) is 1.78. The van der Waals surface area contributed by atoms with Crippen molar-refractivity contribution in [2.24, 2.45) is 4.99 Å². The van der Waals surface area contributed by atoms with Gasteiger partial charge >= 0.3 is 0 Å². The number of aromatic nitrogens is 3. The van der Waals surface area contributed by atoms with Gasteiger partial charge in [-0.25, -0.2) is 9.50 Å². The van der Waals surface area contributed by atoms with Crippen LogP contribution in [0.25, 0.3) is 27.4 Å². The molecule has 43 heavy (non-hydrogen) atoms. The van der Waals surface area contributed by atoms with Gasteiger partial charge in [-0.3, -0.25) is 9.79 Å². The molecule has 13 heteroatoms. The summed E-state index contributed by atoms with van der Waals surface area (Å²) in [6, 6.07) is 14.8. The highest BCUT2D eigenvalue weighted by molar-refractivity contribution is 8.02. The number of furan rings is 1. The lowest BCUT2D eigenvalue weighted by molar-refractivity contribution is 0.0812. The molecular formula is C30H28N6O5S2. The van der Waals surface area contributed by atoms with Crippen LogP contribution >= 0.6 is 23.1 Å². The van der Waals surface area contributed by atoms with Crippen LogP contribution in [0.1, 0.15) is 22.8 Å². The van der Waals surface area contributed by atoms with Crippen LogP contribution in [0.15, 0.2) is 68.7 Å². The zero-order valence-electron chi connectivity index (χ0n) is 24.0. The molecule has 0 aliphatic rings. The van der Waals surface area contributed by atoms with Crippen LogP contribution in [0.5, 0.6) is 16.7 Å². The molecule has 5 rings (SSSR count). The average molecular weight is 617 g/mol. The second-order valence-electron chi connectivity index (χ2n) is 9.33. The standard InChI is InChI=1S/C30H28N6O5S2/c1-18(42-17-19-6-8-20(9-7-19)28(37)35(3)11-10-31)24(32-2)16-40-25-12-21(38-4)13-26-22(25)14-27(41-26)23-15-36-29(33-23)43-30(34-36)39-5/h6-9,12-15H,2,11,16-17H2,1,3-5H3/b24-18-. The topological polar surface area (TPSA) is 127 Å².